The molecule has 20 nitrogen and oxygen atoms in total. The lowest BCUT2D eigenvalue weighted by atomic mass is 9.84. The van der Waals surface area contributed by atoms with Crippen LogP contribution < -0.4 is 37.9 Å². The van der Waals surface area contributed by atoms with Crippen molar-refractivity contribution >= 4 is 70.0 Å². The van der Waals surface area contributed by atoms with Crippen LogP contribution in [0.2, 0.25) is 0 Å². The van der Waals surface area contributed by atoms with Crippen molar-refractivity contribution in [3.8, 4) is 46.0 Å². The van der Waals surface area contributed by atoms with Gasteiger partial charge >= 0.3 is 23.5 Å². The van der Waals surface area contributed by atoms with Gasteiger partial charge in [-0.2, -0.15) is 0 Å². The summed E-state index contributed by atoms with van der Waals surface area (Å²) in [5.74, 6) is 3.23. The van der Waals surface area contributed by atoms with Crippen LogP contribution in [-0.2, 0) is 37.0 Å². The van der Waals surface area contributed by atoms with Gasteiger partial charge in [0.1, 0.15) is 29.6 Å². The largest absolute Gasteiger partial charge is 0.514 e. The van der Waals surface area contributed by atoms with E-state index in [4.69, 9.17) is 49.5 Å². The van der Waals surface area contributed by atoms with Crippen LogP contribution in [0.5, 0.6) is 46.0 Å². The maximum absolute atomic E-state index is 13.2. The molecule has 0 heterocycles. The number of hydrogen-bond donors (Lipinski definition) is 1. The number of nitrogens with zero attached hydrogens (tertiary/aromatic N) is 2. The summed E-state index contributed by atoms with van der Waals surface area (Å²) in [6, 6.07) is 76.9. The van der Waals surface area contributed by atoms with Gasteiger partial charge in [0.25, 0.3) is 11.4 Å². The molecular formula is C76H67ClN2O18S2. The van der Waals surface area contributed by atoms with Crippen molar-refractivity contribution in [2.24, 2.45) is 0 Å². The number of hydrogen-bond acceptors (Lipinski definition) is 20. The molecule has 508 valence electrons. The molecule has 0 aromatic heterocycles. The van der Waals surface area contributed by atoms with E-state index in [1.807, 2.05) is 97.1 Å². The lowest BCUT2D eigenvalue weighted by Crippen LogP contribution is -2.26. The molecule has 0 bridgehead atoms. The van der Waals surface area contributed by atoms with E-state index in [2.05, 4.69) is 77.5 Å². The minimum absolute atomic E-state index is 0.0747. The summed E-state index contributed by atoms with van der Waals surface area (Å²) < 4.78 is 46.5. The molecule has 0 saturated carbocycles. The van der Waals surface area contributed by atoms with Crippen LogP contribution in [0.25, 0.3) is 0 Å². The lowest BCUT2D eigenvalue weighted by molar-refractivity contribution is -0.385. The molecule has 10 rings (SSSR count). The third kappa shape index (κ3) is 20.2. The molecule has 0 unspecified atom stereocenters. The van der Waals surface area contributed by atoms with E-state index in [1.165, 1.54) is 62.8 Å². The van der Waals surface area contributed by atoms with Gasteiger partial charge in [-0.1, -0.05) is 158 Å². The molecule has 10 aromatic rings. The van der Waals surface area contributed by atoms with E-state index in [0.717, 1.165) is 44.9 Å². The number of carbonyl (C=O) groups excluding carboxylic acids is 4. The SMILES string of the molecule is COc1ccc(C(SCCC(=O)Oc2ccc(CO)cc2OC)(c2ccccc2)c2ccccc2)cc1.COc1ccc(C(SCCC(=O)Oc2ccc(COC(=O)Oc3ccc([N+](=O)[O-])cc3)cc2OC)(c2ccccc2)c2ccccc2)cc1.O=C(Cl)Oc1ccc([N+](=O)[O-])cc1. The highest BCUT2D eigenvalue weighted by molar-refractivity contribution is 8.00. The van der Waals surface area contributed by atoms with Crippen molar-refractivity contribution in [2.75, 3.05) is 39.9 Å². The van der Waals surface area contributed by atoms with E-state index in [1.54, 1.807) is 74.1 Å². The van der Waals surface area contributed by atoms with Crippen molar-refractivity contribution in [2.45, 2.75) is 35.5 Å². The maximum Gasteiger partial charge on any atom is 0.514 e. The fraction of sp³-hybridized carbons (Fsp3) is 0.158. The minimum Gasteiger partial charge on any atom is -0.497 e. The number of nitro benzene ring substituents is 2. The molecule has 0 amide bonds. The number of methoxy groups -OCH3 is 4. The summed E-state index contributed by atoms with van der Waals surface area (Å²) in [7, 11) is 6.24. The van der Waals surface area contributed by atoms with Crippen LogP contribution in [0, 0.1) is 20.2 Å². The topological polar surface area (TPSA) is 258 Å². The van der Waals surface area contributed by atoms with Crippen molar-refractivity contribution in [1.82, 2.24) is 0 Å². The van der Waals surface area contributed by atoms with Gasteiger partial charge in [0.15, 0.2) is 23.0 Å². The van der Waals surface area contributed by atoms with Crippen molar-refractivity contribution in [3.63, 3.8) is 0 Å². The Hall–Kier alpha value is -11.2. The first kappa shape index (κ1) is 73.6. The number of nitro groups is 2. The quantitative estimate of drug-likeness (QED) is 0.00954. The van der Waals surface area contributed by atoms with Gasteiger partial charge in [0, 0.05) is 47.4 Å². The van der Waals surface area contributed by atoms with Crippen LogP contribution >= 0.6 is 35.1 Å². The summed E-state index contributed by atoms with van der Waals surface area (Å²) >= 11 is 8.25. The smallest absolute Gasteiger partial charge is 0.497 e. The first-order chi connectivity index (χ1) is 48.0. The Bertz CT molecular complexity index is 4200. The van der Waals surface area contributed by atoms with Crippen LogP contribution in [0.15, 0.2) is 255 Å². The molecule has 1 N–H and O–H groups in total. The Kier molecular flexibility index (Phi) is 27.4. The second kappa shape index (κ2) is 36.8. The zero-order chi connectivity index (χ0) is 70.6. The molecule has 0 saturated heterocycles. The number of carbonyl (C=O) groups is 4. The van der Waals surface area contributed by atoms with E-state index in [0.29, 0.717) is 34.1 Å². The molecule has 0 spiro atoms. The predicted octanol–water partition coefficient (Wildman–Crippen LogP) is 16.9. The third-order valence-electron chi connectivity index (χ3n) is 14.9. The number of rotatable bonds is 27. The number of aliphatic hydroxyl groups is 1. The Morgan fingerprint density at radius 3 is 1.07 bits per heavy atom. The van der Waals surface area contributed by atoms with E-state index < -0.39 is 36.9 Å². The molecule has 23 heteroatoms. The molecule has 0 aliphatic rings. The number of ether oxygens (including phenoxy) is 9. The van der Waals surface area contributed by atoms with Crippen LogP contribution in [0.1, 0.15) is 57.3 Å². The minimum atomic E-state index is -0.988. The molecule has 99 heavy (non-hydrogen) atoms. The van der Waals surface area contributed by atoms with E-state index in [9.17, 15) is 44.5 Å². The highest BCUT2D eigenvalue weighted by Crippen LogP contribution is 2.51. The normalized spacial score (nSPS) is 10.8. The Morgan fingerprint density at radius 1 is 0.404 bits per heavy atom. The van der Waals surface area contributed by atoms with Gasteiger partial charge in [-0.05, 0) is 117 Å². The van der Waals surface area contributed by atoms with Crippen molar-refractivity contribution < 1.29 is 76.8 Å². The number of esters is 2. The standard InChI is InChI=1S/C38H33NO9S.C31H30O5S.C7H4ClNO4/c1-44-32-18-14-30(15-19-32)38(28-9-5-3-6-10-28,29-11-7-4-8-12-29)49-24-23-36(40)48-34-22-13-27(25-35(34)45-2)26-46-37(41)47-33-20-16-31(17-21-33)39(42)43;1-34-27-16-14-26(15-17-27)31(24-9-5-3-6-10-24,25-11-7-4-8-12-25)37-20-19-30(33)36-28-18-13-23(22-32)21-29(28)35-2;8-7(10)13-6-3-1-5(2-4-6)9(11)12/h3-22,25H,23-24,26H2,1-2H3;3-18,21,32H,19-20,22H2,1-2H3;1-4H. The number of thioether (sulfide) groups is 2. The predicted molar refractivity (Wildman–Crippen MR) is 378 cm³/mol. The summed E-state index contributed by atoms with van der Waals surface area (Å²) in [5, 5.41) is 30.4. The van der Waals surface area contributed by atoms with Gasteiger partial charge in [-0.25, -0.2) is 9.59 Å². The highest BCUT2D eigenvalue weighted by Gasteiger charge is 2.39. The first-order valence-electron chi connectivity index (χ1n) is 30.4. The average Bonchev–Trinajstić information content (AvgIpc) is 0.765. The molecule has 0 fully saturated rings. The van der Waals surface area contributed by atoms with Gasteiger partial charge in [-0.3, -0.25) is 29.8 Å². The maximum atomic E-state index is 13.2. The molecule has 0 radical (unpaired) electrons. The van der Waals surface area contributed by atoms with E-state index in [-0.39, 0.29) is 66.4 Å². The third-order valence-corrected chi connectivity index (χ3v) is 18.1. The van der Waals surface area contributed by atoms with Gasteiger partial charge < -0.3 is 47.7 Å². The van der Waals surface area contributed by atoms with Gasteiger partial charge in [0.2, 0.25) is 0 Å². The number of benzene rings is 10. The monoisotopic (exact) mass is 1390 g/mol. The van der Waals surface area contributed by atoms with Crippen LogP contribution in [0.3, 0.4) is 0 Å². The Morgan fingerprint density at radius 2 is 0.737 bits per heavy atom. The van der Waals surface area contributed by atoms with Gasteiger partial charge in [0.05, 0.1) is 67.2 Å². The molecule has 10 aromatic carbocycles. The Labute approximate surface area is 584 Å². The second-order valence-corrected chi connectivity index (χ2v) is 24.0. The molecule has 0 aliphatic carbocycles. The number of aliphatic hydroxyl groups excluding tert-OH is 1. The lowest BCUT2D eigenvalue weighted by Gasteiger charge is -2.35. The number of halogens is 1. The molecule has 0 aliphatic heterocycles. The van der Waals surface area contributed by atoms with Gasteiger partial charge in [-0.15, -0.1) is 23.5 Å². The van der Waals surface area contributed by atoms with Crippen LogP contribution in [0.4, 0.5) is 21.0 Å². The molecule has 0 atom stereocenters. The zero-order valence-corrected chi connectivity index (χ0v) is 56.4. The first-order valence-corrected chi connectivity index (χ1v) is 32.7. The summed E-state index contributed by atoms with van der Waals surface area (Å²) in [6.45, 7) is -0.271. The Balaban J connectivity index is 0.000000219. The van der Waals surface area contributed by atoms with E-state index >= 15 is 0 Å². The number of non-ortho nitro benzene ring substituents is 2. The van der Waals surface area contributed by atoms with Crippen molar-refractivity contribution in [1.29, 1.82) is 0 Å². The summed E-state index contributed by atoms with van der Waals surface area (Å²) in [6.07, 6.45) is -0.671. The summed E-state index contributed by atoms with van der Waals surface area (Å²) in [4.78, 5) is 68.3. The zero-order valence-electron chi connectivity index (χ0n) is 54.0. The highest BCUT2D eigenvalue weighted by atomic mass is 35.5. The average molecular weight is 1400 g/mol. The summed E-state index contributed by atoms with van der Waals surface area (Å²) in [5.41, 5.74) is 6.56. The fourth-order valence-electron chi connectivity index (χ4n) is 10.2. The van der Waals surface area contributed by atoms with Crippen molar-refractivity contribution in [3.05, 3.63) is 320 Å². The fourth-order valence-corrected chi connectivity index (χ4v) is 13.2. The molecular weight excluding hydrogens is 1330 g/mol. The second-order valence-electron chi connectivity index (χ2n) is 21.0. The van der Waals surface area contributed by atoms with Crippen LogP contribution in [-0.4, -0.2) is 78.4 Å².